The third-order valence-electron chi connectivity index (χ3n) is 21.4. The summed E-state index contributed by atoms with van der Waals surface area (Å²) in [4.78, 5) is 45.8. The van der Waals surface area contributed by atoms with Crippen LogP contribution in [0.3, 0.4) is 0 Å². The summed E-state index contributed by atoms with van der Waals surface area (Å²) in [7, 11) is 1.42. The number of ketones is 2. The lowest BCUT2D eigenvalue weighted by atomic mass is 9.83. The second-order valence-corrected chi connectivity index (χ2v) is 30.5. The number of fused-ring (bicyclic) bond motifs is 5. The van der Waals surface area contributed by atoms with E-state index >= 15 is 0 Å². The van der Waals surface area contributed by atoms with Crippen LogP contribution in [0.1, 0.15) is 215 Å². The summed E-state index contributed by atoms with van der Waals surface area (Å²) >= 11 is 18.5. The Hall–Kier alpha value is -8.42. The van der Waals surface area contributed by atoms with Crippen LogP contribution in [0.25, 0.3) is 0 Å². The maximum atomic E-state index is 11.5. The van der Waals surface area contributed by atoms with Gasteiger partial charge in [-0.05, 0) is 286 Å². The molecule has 0 bridgehead atoms. The van der Waals surface area contributed by atoms with Crippen LogP contribution in [0, 0.1) is 0 Å². The van der Waals surface area contributed by atoms with Crippen molar-refractivity contribution in [3.8, 4) is 0 Å². The highest BCUT2D eigenvalue weighted by Crippen LogP contribution is 2.40. The van der Waals surface area contributed by atoms with Crippen LogP contribution in [0.4, 0.5) is 28.4 Å². The Morgan fingerprint density at radius 2 is 0.667 bits per heavy atom. The van der Waals surface area contributed by atoms with Crippen molar-refractivity contribution >= 4 is 80.8 Å². The molecule has 14 heteroatoms. The molecule has 0 fully saturated rings. The largest absolute Gasteiger partial charge is 0.465 e. The lowest BCUT2D eigenvalue weighted by Gasteiger charge is -2.32. The molecule has 9 aromatic rings. The molecule has 2 N–H and O–H groups in total. The summed E-state index contributed by atoms with van der Waals surface area (Å²) in [6.07, 6.45) is 18.8. The van der Waals surface area contributed by atoms with Crippen LogP contribution in [0.2, 0.25) is 15.1 Å². The maximum Gasteiger partial charge on any atom is 0.337 e. The highest BCUT2D eigenvalue weighted by Gasteiger charge is 2.26. The van der Waals surface area contributed by atoms with Crippen LogP contribution in [-0.4, -0.2) is 114 Å². The van der Waals surface area contributed by atoms with Crippen molar-refractivity contribution in [1.29, 1.82) is 0 Å². The number of ether oxygens (including phenoxy) is 1. The van der Waals surface area contributed by atoms with Gasteiger partial charge in [-0.2, -0.15) is 0 Å². The van der Waals surface area contributed by atoms with Crippen molar-refractivity contribution in [2.24, 2.45) is 0 Å². The normalized spacial score (nSPS) is 14.2. The molecular weight excluding hydrogens is 1400 g/mol. The zero-order valence-corrected chi connectivity index (χ0v) is 67.0. The van der Waals surface area contributed by atoms with E-state index in [1.54, 1.807) is 13.8 Å². The fraction of sp³-hybridized carbons (Fsp3) is 0.394. The third-order valence-corrected chi connectivity index (χ3v) is 22.1. The number of halogens is 3. The summed E-state index contributed by atoms with van der Waals surface area (Å²) in [5, 5.41) is 21.1. The molecule has 0 saturated heterocycles. The number of anilines is 5. The molecule has 0 spiro atoms. The van der Waals surface area contributed by atoms with Gasteiger partial charge in [0.1, 0.15) is 0 Å². The Balaban J connectivity index is 0.000000151. The first-order valence-electron chi connectivity index (χ1n) is 39.6. The molecule has 5 aliphatic rings. The smallest absolute Gasteiger partial charge is 0.337 e. The first-order chi connectivity index (χ1) is 52.5. The predicted molar refractivity (Wildman–Crippen MR) is 453 cm³/mol. The maximum absolute atomic E-state index is 11.5. The molecular formula is C94H112Cl3N5O6. The van der Waals surface area contributed by atoms with Gasteiger partial charge in [0.15, 0.2) is 11.6 Å². The SMILES string of the molecule is CC(=O)c1ccc2c(c1)CCCC2.CCCN1CCCc2cc(C(=O)OC)ccc21.CCCN1CCCc2cc(C(C)=O)ccc21.CCCN1CCCc2cc(C(c3ccc(Cl)cc3)c3ccc(Cl)cc3)ccc21.CCCN1CCCc2cc(C(c3ccc(Cl)cc3)c3ccc(N(CCO)CCO)cc3)ccc21. The fourth-order valence-corrected chi connectivity index (χ4v) is 16.5. The quantitative estimate of drug-likeness (QED) is 0.0384. The van der Waals surface area contributed by atoms with Crippen molar-refractivity contribution in [3.63, 3.8) is 0 Å². The second kappa shape index (κ2) is 41.4. The van der Waals surface area contributed by atoms with Crippen LogP contribution in [0.15, 0.2) is 188 Å². The van der Waals surface area contributed by atoms with E-state index in [4.69, 9.17) is 39.5 Å². The van der Waals surface area contributed by atoms with E-state index < -0.39 is 0 Å². The standard InChI is InChI=1S/C29H35ClN2O2.C25H25Cl2N.C14H19NO2.C14H19NO.C12H14O/c1-2-15-32-16-3-4-24-21-25(9-14-28(24)32)29(22-5-10-26(30)11-6-22)23-7-12-27(13-8-23)31(17-19-33)18-20-34;1-2-15-28-16-3-4-20-17-21(9-14-24(20)28)25(18-5-10-22(26)11-6-18)19-7-12-23(27)13-8-19;1-3-8-15-9-4-5-11-10-12(14(16)17-2)6-7-13(11)15;1-3-8-15-9-4-5-13-10-12(11(2)16)6-7-14(13)15;1-9(13)11-7-6-10-4-2-3-5-12(10)8-11/h5-14,21,29,33-34H,2-4,15-20H2,1H3;5-14,17,25H,2-4,15-16H2,1H3;6-7,10H,3-5,8-9H2,1-2H3;6-7,10H,3-5,8-9H2,1-2H3;6-8H,2-5H2,1H3. The number of carbonyl (C=O) groups excluding carboxylic acids is 3. The average Bonchev–Trinajstić information content (AvgIpc) is 0.781. The number of aryl methyl sites for hydroxylation is 6. The number of aliphatic hydroxyl groups excluding tert-OH is 2. The number of Topliss-reactive ketones (excluding diaryl/α,β-unsaturated/α-hetero) is 2. The minimum atomic E-state index is -0.250. The fourth-order valence-electron chi connectivity index (χ4n) is 16.1. The molecule has 14 rings (SSSR count). The first-order valence-corrected chi connectivity index (χ1v) is 40.7. The van der Waals surface area contributed by atoms with Gasteiger partial charge in [-0.1, -0.05) is 147 Å². The summed E-state index contributed by atoms with van der Waals surface area (Å²) in [6.45, 7) is 22.3. The molecule has 570 valence electrons. The topological polar surface area (TPSA) is 117 Å². The number of benzene rings is 9. The molecule has 0 amide bonds. The number of methoxy groups -OCH3 is 1. The number of nitrogens with zero attached hydrogens (tertiary/aromatic N) is 5. The lowest BCUT2D eigenvalue weighted by molar-refractivity contribution is 0.0600. The molecule has 0 aromatic heterocycles. The van der Waals surface area contributed by atoms with Gasteiger partial charge in [-0.25, -0.2) is 4.79 Å². The average molecular weight is 1510 g/mol. The minimum Gasteiger partial charge on any atom is -0.465 e. The number of carbonyl (C=O) groups is 3. The van der Waals surface area contributed by atoms with Crippen molar-refractivity contribution in [1.82, 2.24) is 0 Å². The van der Waals surface area contributed by atoms with E-state index in [1.165, 1.54) is 148 Å². The summed E-state index contributed by atoms with van der Waals surface area (Å²) < 4.78 is 4.75. The molecule has 11 nitrogen and oxygen atoms in total. The highest BCUT2D eigenvalue weighted by molar-refractivity contribution is 6.31. The first kappa shape index (κ1) is 82.1. The van der Waals surface area contributed by atoms with E-state index in [-0.39, 0.29) is 42.6 Å². The highest BCUT2D eigenvalue weighted by atomic mass is 35.5. The zero-order valence-electron chi connectivity index (χ0n) is 64.7. The van der Waals surface area contributed by atoms with Gasteiger partial charge in [0.05, 0.1) is 25.9 Å². The molecule has 4 heterocycles. The van der Waals surface area contributed by atoms with E-state index in [9.17, 15) is 24.6 Å². The van der Waals surface area contributed by atoms with Gasteiger partial charge >= 0.3 is 5.97 Å². The minimum absolute atomic E-state index is 0.0549. The van der Waals surface area contributed by atoms with Crippen LogP contribution in [-0.2, 0) is 43.3 Å². The molecule has 4 aliphatic heterocycles. The van der Waals surface area contributed by atoms with E-state index in [0.29, 0.717) is 18.7 Å². The number of hydrogen-bond donors (Lipinski definition) is 2. The second-order valence-electron chi connectivity index (χ2n) is 29.2. The molecule has 0 radical (unpaired) electrons. The van der Waals surface area contributed by atoms with E-state index in [2.05, 4.69) is 175 Å². The monoisotopic (exact) mass is 1510 g/mol. The third kappa shape index (κ3) is 22.0. The molecule has 108 heavy (non-hydrogen) atoms. The Morgan fingerprint density at radius 1 is 0.370 bits per heavy atom. The van der Waals surface area contributed by atoms with Gasteiger partial charge < -0.3 is 39.4 Å². The predicted octanol–water partition coefficient (Wildman–Crippen LogP) is 21.3. The summed E-state index contributed by atoms with van der Waals surface area (Å²) in [5.41, 5.74) is 24.6. The molecule has 1 atom stereocenters. The Labute approximate surface area is 658 Å². The van der Waals surface area contributed by atoms with Gasteiger partial charge in [0, 0.05) is 132 Å². The van der Waals surface area contributed by atoms with Gasteiger partial charge in [0.2, 0.25) is 0 Å². The van der Waals surface area contributed by atoms with Crippen LogP contribution >= 0.6 is 34.8 Å². The Morgan fingerprint density at radius 3 is 1.02 bits per heavy atom. The Bertz CT molecular complexity index is 4320. The van der Waals surface area contributed by atoms with E-state index in [0.717, 1.165) is 136 Å². The van der Waals surface area contributed by atoms with Crippen LogP contribution in [0.5, 0.6) is 0 Å². The molecule has 1 aliphatic carbocycles. The van der Waals surface area contributed by atoms with Crippen molar-refractivity contribution in [3.05, 3.63) is 287 Å². The zero-order chi connectivity index (χ0) is 76.5. The Kier molecular flexibility index (Phi) is 31.5. The molecule has 9 aromatic carbocycles. The molecule has 0 saturated carbocycles. The van der Waals surface area contributed by atoms with E-state index in [1.807, 2.05) is 65.6 Å². The van der Waals surface area contributed by atoms with Crippen molar-refractivity contribution in [2.45, 2.75) is 156 Å². The van der Waals surface area contributed by atoms with Gasteiger partial charge in [-0.15, -0.1) is 0 Å². The number of hydrogen-bond acceptors (Lipinski definition) is 11. The van der Waals surface area contributed by atoms with Gasteiger partial charge in [0.25, 0.3) is 0 Å². The van der Waals surface area contributed by atoms with Crippen LogP contribution < -0.4 is 24.5 Å². The summed E-state index contributed by atoms with van der Waals surface area (Å²) in [5.74, 6) is 0.355. The van der Waals surface area contributed by atoms with Crippen molar-refractivity contribution < 1.29 is 29.3 Å². The number of aliphatic hydroxyl groups is 2. The lowest BCUT2D eigenvalue weighted by Crippen LogP contribution is -2.30. The van der Waals surface area contributed by atoms with Gasteiger partial charge in [-0.3, -0.25) is 9.59 Å². The molecule has 1 unspecified atom stereocenters. The number of rotatable bonds is 22. The number of esters is 1. The van der Waals surface area contributed by atoms with Crippen molar-refractivity contribution in [2.75, 3.05) is 110 Å². The summed E-state index contributed by atoms with van der Waals surface area (Å²) in [6, 6.07) is 65.2.